The number of aliphatic imine (C=N–C) groups is 1. The number of halogens is 4. The average molecular weight is 545 g/mol. The highest BCUT2D eigenvalue weighted by atomic mass is 127. The Morgan fingerprint density at radius 3 is 2.40 bits per heavy atom. The Kier molecular flexibility index (Phi) is 12.4. The number of hydrogen-bond donors (Lipinski definition) is 1. The van der Waals surface area contributed by atoms with Crippen molar-refractivity contribution >= 4 is 29.9 Å². The van der Waals surface area contributed by atoms with Crippen LogP contribution in [-0.2, 0) is 15.9 Å². The second-order valence-electron chi connectivity index (χ2n) is 6.82. The van der Waals surface area contributed by atoms with Crippen LogP contribution in [0.25, 0.3) is 0 Å². The van der Waals surface area contributed by atoms with Crippen LogP contribution in [0, 0.1) is 0 Å². The zero-order valence-corrected chi connectivity index (χ0v) is 19.7. The Balaban J connectivity index is 0.00000450. The van der Waals surface area contributed by atoms with E-state index in [1.54, 1.807) is 26.3 Å². The van der Waals surface area contributed by atoms with Gasteiger partial charge in [0.25, 0.3) is 0 Å². The van der Waals surface area contributed by atoms with Crippen LogP contribution in [0.4, 0.5) is 13.2 Å². The predicted molar refractivity (Wildman–Crippen MR) is 121 cm³/mol. The number of nitrogens with zero attached hydrogens (tertiary/aromatic N) is 2. The van der Waals surface area contributed by atoms with Gasteiger partial charge in [-0.15, -0.1) is 37.1 Å². The number of methoxy groups -OCH3 is 1. The SMILES string of the molecule is CN=C(NCCc1ccc(OC(F)(F)F)cc1)N1CCC(OCCCOC)CC1.I. The zero-order chi connectivity index (χ0) is 21.1. The summed E-state index contributed by atoms with van der Waals surface area (Å²) in [4.78, 5) is 6.54. The fourth-order valence-corrected chi connectivity index (χ4v) is 3.20. The highest BCUT2D eigenvalue weighted by Gasteiger charge is 2.30. The lowest BCUT2D eigenvalue weighted by molar-refractivity contribution is -0.274. The Morgan fingerprint density at radius 2 is 1.83 bits per heavy atom. The molecule has 1 heterocycles. The number of rotatable bonds is 9. The van der Waals surface area contributed by atoms with Crippen molar-refractivity contribution in [2.45, 2.75) is 38.1 Å². The first kappa shape index (κ1) is 26.8. The van der Waals surface area contributed by atoms with E-state index in [2.05, 4.69) is 19.9 Å². The fraction of sp³-hybridized carbons (Fsp3) is 0.650. The van der Waals surface area contributed by atoms with E-state index in [1.165, 1.54) is 12.1 Å². The second-order valence-corrected chi connectivity index (χ2v) is 6.82. The molecule has 1 fully saturated rings. The van der Waals surface area contributed by atoms with E-state index in [0.717, 1.165) is 50.5 Å². The molecule has 1 saturated heterocycles. The molecule has 2 rings (SSSR count). The van der Waals surface area contributed by atoms with Gasteiger partial charge in [0.15, 0.2) is 5.96 Å². The smallest absolute Gasteiger partial charge is 0.406 e. The van der Waals surface area contributed by atoms with Gasteiger partial charge < -0.3 is 24.4 Å². The number of guanidine groups is 1. The Bertz CT molecular complexity index is 622. The maximum Gasteiger partial charge on any atom is 0.573 e. The normalized spacial score (nSPS) is 15.6. The number of ether oxygens (including phenoxy) is 3. The number of hydrogen-bond acceptors (Lipinski definition) is 4. The van der Waals surface area contributed by atoms with Gasteiger partial charge in [-0.3, -0.25) is 4.99 Å². The largest absolute Gasteiger partial charge is 0.573 e. The molecular formula is C20H31F3IN3O3. The third kappa shape index (κ3) is 10.2. The topological polar surface area (TPSA) is 55.3 Å². The molecule has 6 nitrogen and oxygen atoms in total. The van der Waals surface area contributed by atoms with E-state index >= 15 is 0 Å². The van der Waals surface area contributed by atoms with Gasteiger partial charge in [0.2, 0.25) is 0 Å². The van der Waals surface area contributed by atoms with Crippen molar-refractivity contribution in [1.29, 1.82) is 0 Å². The quantitative estimate of drug-likeness (QED) is 0.221. The van der Waals surface area contributed by atoms with E-state index in [-0.39, 0.29) is 35.8 Å². The summed E-state index contributed by atoms with van der Waals surface area (Å²) in [5.41, 5.74) is 0.922. The van der Waals surface area contributed by atoms with Crippen LogP contribution in [0.5, 0.6) is 5.75 Å². The fourth-order valence-electron chi connectivity index (χ4n) is 3.20. The highest BCUT2D eigenvalue weighted by Crippen LogP contribution is 2.22. The number of benzene rings is 1. The molecule has 10 heteroatoms. The monoisotopic (exact) mass is 545 g/mol. The molecule has 1 aliphatic rings. The van der Waals surface area contributed by atoms with Crippen LogP contribution >= 0.6 is 24.0 Å². The van der Waals surface area contributed by atoms with Gasteiger partial charge in [0, 0.05) is 47.0 Å². The van der Waals surface area contributed by atoms with Crippen molar-refractivity contribution in [1.82, 2.24) is 10.2 Å². The van der Waals surface area contributed by atoms with Crippen molar-refractivity contribution in [2.75, 3.05) is 47.0 Å². The molecule has 1 aliphatic heterocycles. The van der Waals surface area contributed by atoms with Crippen LogP contribution in [0.2, 0.25) is 0 Å². The standard InChI is InChI=1S/C20H30F3N3O3.HI/c1-24-19(26-12-9-17(10-13-26)28-15-3-14-27-2)25-11-8-16-4-6-18(7-5-16)29-20(21,22)23;/h4-7,17H,3,8-15H2,1-2H3,(H,24,25);1H. The molecule has 1 N–H and O–H groups in total. The number of likely N-dealkylation sites (tertiary alicyclic amines) is 1. The average Bonchev–Trinajstić information content (AvgIpc) is 2.69. The molecule has 0 amide bonds. The molecule has 1 aromatic carbocycles. The van der Waals surface area contributed by atoms with Crippen molar-refractivity contribution in [2.24, 2.45) is 4.99 Å². The van der Waals surface area contributed by atoms with Crippen molar-refractivity contribution in [3.63, 3.8) is 0 Å². The van der Waals surface area contributed by atoms with Gasteiger partial charge in [0.1, 0.15) is 5.75 Å². The molecule has 0 spiro atoms. The molecular weight excluding hydrogens is 514 g/mol. The minimum Gasteiger partial charge on any atom is -0.406 e. The van der Waals surface area contributed by atoms with Crippen LogP contribution in [0.15, 0.2) is 29.3 Å². The van der Waals surface area contributed by atoms with Gasteiger partial charge >= 0.3 is 6.36 Å². The molecule has 0 atom stereocenters. The second kappa shape index (κ2) is 13.9. The van der Waals surface area contributed by atoms with E-state index < -0.39 is 6.36 Å². The van der Waals surface area contributed by atoms with Crippen molar-refractivity contribution in [3.8, 4) is 5.75 Å². The molecule has 0 unspecified atom stereocenters. The molecule has 1 aromatic rings. The third-order valence-electron chi connectivity index (χ3n) is 4.65. The summed E-state index contributed by atoms with van der Waals surface area (Å²) in [6.45, 7) is 3.82. The lowest BCUT2D eigenvalue weighted by Gasteiger charge is -2.34. The summed E-state index contributed by atoms with van der Waals surface area (Å²) in [6.07, 6.45) is -0.910. The predicted octanol–water partition coefficient (Wildman–Crippen LogP) is 3.84. The highest BCUT2D eigenvalue weighted by molar-refractivity contribution is 14.0. The summed E-state index contributed by atoms with van der Waals surface area (Å²) in [7, 11) is 3.44. The van der Waals surface area contributed by atoms with Crippen LogP contribution < -0.4 is 10.1 Å². The summed E-state index contributed by atoms with van der Waals surface area (Å²) in [5, 5.41) is 3.32. The summed E-state index contributed by atoms with van der Waals surface area (Å²) in [6, 6.07) is 5.93. The minimum atomic E-state index is -4.67. The third-order valence-corrected chi connectivity index (χ3v) is 4.65. The number of alkyl halides is 3. The maximum atomic E-state index is 12.2. The summed E-state index contributed by atoms with van der Waals surface area (Å²) < 4.78 is 51.4. The first-order valence-electron chi connectivity index (χ1n) is 9.82. The van der Waals surface area contributed by atoms with E-state index in [4.69, 9.17) is 9.47 Å². The Morgan fingerprint density at radius 1 is 1.17 bits per heavy atom. The minimum absolute atomic E-state index is 0. The van der Waals surface area contributed by atoms with Crippen molar-refractivity contribution in [3.05, 3.63) is 29.8 Å². The van der Waals surface area contributed by atoms with Crippen molar-refractivity contribution < 1.29 is 27.4 Å². The molecule has 0 radical (unpaired) electrons. The number of nitrogens with one attached hydrogen (secondary N) is 1. The van der Waals surface area contributed by atoms with Gasteiger partial charge in [0.05, 0.1) is 6.10 Å². The first-order valence-corrected chi connectivity index (χ1v) is 9.82. The lowest BCUT2D eigenvalue weighted by Crippen LogP contribution is -2.47. The summed E-state index contributed by atoms with van der Waals surface area (Å²) in [5.74, 6) is 0.622. The first-order chi connectivity index (χ1) is 13.9. The van der Waals surface area contributed by atoms with Crippen LogP contribution in [-0.4, -0.2) is 70.3 Å². The molecule has 30 heavy (non-hydrogen) atoms. The Hall–Kier alpha value is -1.27. The lowest BCUT2D eigenvalue weighted by atomic mass is 10.1. The van der Waals surface area contributed by atoms with Gasteiger partial charge in [-0.05, 0) is 43.4 Å². The molecule has 0 aliphatic carbocycles. The van der Waals surface area contributed by atoms with Crippen LogP contribution in [0.3, 0.4) is 0 Å². The van der Waals surface area contributed by atoms with E-state index in [1.807, 2.05) is 0 Å². The molecule has 0 aromatic heterocycles. The maximum absolute atomic E-state index is 12.2. The Labute approximate surface area is 193 Å². The molecule has 0 bridgehead atoms. The molecule has 0 saturated carbocycles. The van der Waals surface area contributed by atoms with Gasteiger partial charge in [-0.25, -0.2) is 0 Å². The van der Waals surface area contributed by atoms with Gasteiger partial charge in [-0.2, -0.15) is 0 Å². The number of piperidine rings is 1. The van der Waals surface area contributed by atoms with Gasteiger partial charge in [-0.1, -0.05) is 12.1 Å². The van der Waals surface area contributed by atoms with E-state index in [0.29, 0.717) is 19.6 Å². The zero-order valence-electron chi connectivity index (χ0n) is 17.4. The molecule has 172 valence electrons. The summed E-state index contributed by atoms with van der Waals surface area (Å²) >= 11 is 0. The van der Waals surface area contributed by atoms with Crippen LogP contribution in [0.1, 0.15) is 24.8 Å². The van der Waals surface area contributed by atoms with E-state index in [9.17, 15) is 13.2 Å².